The Kier molecular flexibility index (Phi) is 6.02. The zero-order valence-corrected chi connectivity index (χ0v) is 18.8. The number of phenols is 1. The molecule has 1 amide bonds. The van der Waals surface area contributed by atoms with Gasteiger partial charge in [0.1, 0.15) is 23.8 Å². The molecule has 5 aromatic rings. The molecular formula is C27H20N4O5. The molecule has 0 saturated heterocycles. The van der Waals surface area contributed by atoms with Gasteiger partial charge in [-0.3, -0.25) is 9.59 Å². The Morgan fingerprint density at radius 3 is 2.22 bits per heavy atom. The van der Waals surface area contributed by atoms with Crippen LogP contribution in [0.1, 0.15) is 10.5 Å². The Bertz CT molecular complexity index is 1550. The van der Waals surface area contributed by atoms with Gasteiger partial charge in [-0.15, -0.1) is 0 Å². The number of amides is 1. The number of nitrogens with zero attached hydrogens (tertiary/aromatic N) is 3. The second-order valence-corrected chi connectivity index (χ2v) is 7.89. The van der Waals surface area contributed by atoms with Crippen LogP contribution in [0.3, 0.4) is 0 Å². The minimum atomic E-state index is -1.15. The predicted octanol–water partition coefficient (Wildman–Crippen LogP) is 4.38. The van der Waals surface area contributed by atoms with E-state index in [1.165, 1.54) is 10.6 Å². The topological polar surface area (TPSA) is 126 Å². The number of para-hydroxylation sites is 1. The molecule has 0 spiro atoms. The highest BCUT2D eigenvalue weighted by atomic mass is 16.5. The molecule has 5 rings (SSSR count). The number of rotatable bonds is 7. The average Bonchev–Trinajstić information content (AvgIpc) is 3.33. The fourth-order valence-corrected chi connectivity index (χ4v) is 3.64. The van der Waals surface area contributed by atoms with Gasteiger partial charge < -0.3 is 20.3 Å². The average molecular weight is 480 g/mol. The molecule has 9 heteroatoms. The Labute approximate surface area is 205 Å². The number of carboxylic acids is 1. The Morgan fingerprint density at radius 2 is 1.53 bits per heavy atom. The molecule has 0 aliphatic rings. The molecule has 0 aliphatic carbocycles. The van der Waals surface area contributed by atoms with Crippen LogP contribution in [0.4, 0.5) is 0 Å². The third-order valence-electron chi connectivity index (χ3n) is 5.35. The van der Waals surface area contributed by atoms with Crippen molar-refractivity contribution in [1.82, 2.24) is 19.9 Å². The summed E-state index contributed by atoms with van der Waals surface area (Å²) in [7, 11) is 0. The van der Waals surface area contributed by atoms with Crippen LogP contribution in [-0.4, -0.2) is 43.2 Å². The second-order valence-electron chi connectivity index (χ2n) is 7.89. The van der Waals surface area contributed by atoms with Gasteiger partial charge >= 0.3 is 5.97 Å². The van der Waals surface area contributed by atoms with Crippen LogP contribution in [0.5, 0.6) is 17.2 Å². The van der Waals surface area contributed by atoms with Gasteiger partial charge in [0.05, 0.1) is 11.4 Å². The molecule has 0 bridgehead atoms. The van der Waals surface area contributed by atoms with Gasteiger partial charge in [-0.1, -0.05) is 18.2 Å². The number of carbonyl (C=O) groups is 2. The van der Waals surface area contributed by atoms with E-state index in [2.05, 4.69) is 15.4 Å². The van der Waals surface area contributed by atoms with E-state index in [0.717, 1.165) is 16.9 Å². The molecule has 0 aliphatic heterocycles. The van der Waals surface area contributed by atoms with E-state index < -0.39 is 18.4 Å². The van der Waals surface area contributed by atoms with Gasteiger partial charge in [0.15, 0.2) is 11.3 Å². The number of hydrogen-bond donors (Lipinski definition) is 3. The zero-order chi connectivity index (χ0) is 25.1. The fraction of sp³-hybridized carbons (Fsp3) is 0.0370. The summed E-state index contributed by atoms with van der Waals surface area (Å²) in [5, 5.41) is 25.2. The van der Waals surface area contributed by atoms with Gasteiger partial charge in [-0.2, -0.15) is 5.10 Å². The smallest absolute Gasteiger partial charge is 0.322 e. The largest absolute Gasteiger partial charge is 0.508 e. The second kappa shape index (κ2) is 9.59. The van der Waals surface area contributed by atoms with Crippen LogP contribution in [0.2, 0.25) is 0 Å². The van der Waals surface area contributed by atoms with Gasteiger partial charge in [-0.05, 0) is 66.7 Å². The molecule has 0 saturated carbocycles. The third-order valence-corrected chi connectivity index (χ3v) is 5.35. The molecule has 2 aromatic heterocycles. The van der Waals surface area contributed by atoms with E-state index >= 15 is 0 Å². The summed E-state index contributed by atoms with van der Waals surface area (Å²) in [4.78, 5) is 27.9. The Hall–Kier alpha value is -5.18. The predicted molar refractivity (Wildman–Crippen MR) is 132 cm³/mol. The lowest BCUT2D eigenvalue weighted by Gasteiger charge is -2.10. The van der Waals surface area contributed by atoms with Crippen molar-refractivity contribution in [1.29, 1.82) is 0 Å². The summed E-state index contributed by atoms with van der Waals surface area (Å²) < 4.78 is 7.42. The van der Waals surface area contributed by atoms with Crippen molar-refractivity contribution in [3.05, 3.63) is 96.7 Å². The number of carbonyl (C=O) groups excluding carboxylic acids is 1. The van der Waals surface area contributed by atoms with Crippen molar-refractivity contribution < 1.29 is 24.5 Å². The van der Waals surface area contributed by atoms with Crippen LogP contribution >= 0.6 is 0 Å². The molecule has 0 unspecified atom stereocenters. The van der Waals surface area contributed by atoms with Crippen LogP contribution in [0, 0.1) is 0 Å². The molecule has 3 aromatic carbocycles. The molecule has 0 atom stereocenters. The first-order valence-electron chi connectivity index (χ1n) is 11.0. The maximum absolute atomic E-state index is 12.5. The molecule has 3 N–H and O–H groups in total. The van der Waals surface area contributed by atoms with Crippen molar-refractivity contribution in [2.45, 2.75) is 0 Å². The van der Waals surface area contributed by atoms with E-state index in [-0.39, 0.29) is 11.4 Å². The molecule has 0 radical (unpaired) electrons. The van der Waals surface area contributed by atoms with Crippen molar-refractivity contribution in [3.8, 4) is 39.8 Å². The number of benzene rings is 3. The zero-order valence-electron chi connectivity index (χ0n) is 18.8. The first-order chi connectivity index (χ1) is 17.5. The molecule has 0 fully saturated rings. The molecular weight excluding hydrogens is 460 g/mol. The summed E-state index contributed by atoms with van der Waals surface area (Å²) in [6.45, 7) is -0.519. The van der Waals surface area contributed by atoms with Gasteiger partial charge in [0, 0.05) is 17.2 Å². The standard InChI is InChI=1S/C27H20N4O5/c32-19-10-6-17(7-11-19)22-14-24(18-8-12-21(13-9-18)36-20-4-2-1-3-5-20)31-25(29-22)15-23(30-31)27(35)28-16-26(33)34/h1-15,32H,16H2,(H,28,35)(H,33,34). The molecule has 2 heterocycles. The third kappa shape index (κ3) is 4.85. The molecule has 178 valence electrons. The maximum Gasteiger partial charge on any atom is 0.322 e. The van der Waals surface area contributed by atoms with Crippen LogP contribution in [0.15, 0.2) is 91.0 Å². The minimum Gasteiger partial charge on any atom is -0.508 e. The number of hydrogen-bond acceptors (Lipinski definition) is 6. The van der Waals surface area contributed by atoms with E-state index in [4.69, 9.17) is 9.84 Å². The molecule has 9 nitrogen and oxygen atoms in total. The summed E-state index contributed by atoms with van der Waals surface area (Å²) in [6.07, 6.45) is 0. The highest BCUT2D eigenvalue weighted by molar-refractivity contribution is 5.95. The minimum absolute atomic E-state index is 0.0388. The van der Waals surface area contributed by atoms with Gasteiger partial charge in [0.2, 0.25) is 0 Å². The summed E-state index contributed by atoms with van der Waals surface area (Å²) in [5.74, 6) is -0.265. The Morgan fingerprint density at radius 1 is 0.861 bits per heavy atom. The number of ether oxygens (including phenoxy) is 1. The number of carboxylic acid groups (broad SMARTS) is 1. The summed E-state index contributed by atoms with van der Waals surface area (Å²) >= 11 is 0. The number of phenolic OH excluding ortho intramolecular Hbond substituents is 1. The first-order valence-corrected chi connectivity index (χ1v) is 11.0. The van der Waals surface area contributed by atoms with Crippen molar-refractivity contribution >= 4 is 17.5 Å². The van der Waals surface area contributed by atoms with E-state index in [0.29, 0.717) is 22.8 Å². The van der Waals surface area contributed by atoms with E-state index in [1.807, 2.05) is 60.7 Å². The molecule has 36 heavy (non-hydrogen) atoms. The maximum atomic E-state index is 12.5. The van der Waals surface area contributed by atoms with Gasteiger partial charge in [-0.25, -0.2) is 9.50 Å². The van der Waals surface area contributed by atoms with Crippen LogP contribution < -0.4 is 10.1 Å². The number of fused-ring (bicyclic) bond motifs is 1. The van der Waals surface area contributed by atoms with Crippen LogP contribution in [0.25, 0.3) is 28.2 Å². The fourth-order valence-electron chi connectivity index (χ4n) is 3.64. The normalized spacial score (nSPS) is 10.8. The van der Waals surface area contributed by atoms with Crippen molar-refractivity contribution in [2.75, 3.05) is 6.54 Å². The lowest BCUT2D eigenvalue weighted by atomic mass is 10.1. The Balaban J connectivity index is 1.56. The number of nitrogens with one attached hydrogen (secondary N) is 1. The lowest BCUT2D eigenvalue weighted by Crippen LogP contribution is -2.29. The number of aromatic hydroxyl groups is 1. The first kappa shape index (κ1) is 22.6. The highest BCUT2D eigenvalue weighted by Crippen LogP contribution is 2.30. The SMILES string of the molecule is O=C(O)CNC(=O)c1cc2nc(-c3ccc(O)cc3)cc(-c3ccc(Oc4ccccc4)cc3)n2n1. The summed E-state index contributed by atoms with van der Waals surface area (Å²) in [6, 6.07) is 26.8. The van der Waals surface area contributed by atoms with Crippen LogP contribution in [-0.2, 0) is 4.79 Å². The lowest BCUT2D eigenvalue weighted by molar-refractivity contribution is -0.135. The van der Waals surface area contributed by atoms with E-state index in [1.54, 1.807) is 24.3 Å². The number of aromatic nitrogens is 3. The van der Waals surface area contributed by atoms with Crippen molar-refractivity contribution in [3.63, 3.8) is 0 Å². The van der Waals surface area contributed by atoms with E-state index in [9.17, 15) is 14.7 Å². The summed E-state index contributed by atoms with van der Waals surface area (Å²) in [5.41, 5.74) is 3.27. The van der Waals surface area contributed by atoms with Gasteiger partial charge in [0.25, 0.3) is 5.91 Å². The monoisotopic (exact) mass is 480 g/mol. The van der Waals surface area contributed by atoms with Crippen molar-refractivity contribution in [2.24, 2.45) is 0 Å². The quantitative estimate of drug-likeness (QED) is 0.316. The number of aliphatic carboxylic acids is 1. The highest BCUT2D eigenvalue weighted by Gasteiger charge is 2.17.